The fraction of sp³-hybridized carbons (Fsp3) is 0.188. The molecule has 2 atom stereocenters. The van der Waals surface area contributed by atoms with Crippen LogP contribution in [0.1, 0.15) is 53.1 Å². The number of benzene rings is 2. The van der Waals surface area contributed by atoms with Crippen molar-refractivity contribution in [1.82, 2.24) is 20.6 Å². The largest absolute Gasteiger partial charge is 0.459 e. The third-order valence-electron chi connectivity index (χ3n) is 6.53. The van der Waals surface area contributed by atoms with E-state index in [1.165, 1.54) is 30.3 Å². The van der Waals surface area contributed by atoms with E-state index in [0.29, 0.717) is 12.8 Å². The number of carbonyl (C=O) groups excluding carboxylic acids is 4. The van der Waals surface area contributed by atoms with Crippen LogP contribution < -0.4 is 10.6 Å². The van der Waals surface area contributed by atoms with E-state index in [1.54, 1.807) is 6.07 Å². The number of rotatable bonds is 4. The summed E-state index contributed by atoms with van der Waals surface area (Å²) in [6, 6.07) is 26.5. The molecule has 3 heterocycles. The van der Waals surface area contributed by atoms with E-state index >= 15 is 0 Å². The molecule has 0 spiro atoms. The first-order valence-corrected chi connectivity index (χ1v) is 13.4. The summed E-state index contributed by atoms with van der Waals surface area (Å²) >= 11 is 0. The first-order valence-electron chi connectivity index (χ1n) is 13.4. The molecule has 2 aromatic heterocycles. The van der Waals surface area contributed by atoms with E-state index in [0.717, 1.165) is 11.1 Å². The Kier molecular flexibility index (Phi) is 8.93. The molecule has 42 heavy (non-hydrogen) atoms. The zero-order valence-electron chi connectivity index (χ0n) is 22.6. The molecule has 0 radical (unpaired) electrons. The van der Waals surface area contributed by atoms with Crippen molar-refractivity contribution in [2.45, 2.75) is 24.9 Å². The van der Waals surface area contributed by atoms with E-state index in [-0.39, 0.29) is 36.0 Å². The lowest BCUT2D eigenvalue weighted by atomic mass is 10.1. The quantitative estimate of drug-likeness (QED) is 0.361. The zero-order valence-corrected chi connectivity index (χ0v) is 22.6. The van der Waals surface area contributed by atoms with Gasteiger partial charge in [0.1, 0.15) is 36.0 Å². The topological polar surface area (TPSA) is 137 Å². The second kappa shape index (κ2) is 13.3. The van der Waals surface area contributed by atoms with E-state index in [4.69, 9.17) is 9.47 Å². The maximum Gasteiger partial charge on any atom is 0.357 e. The van der Waals surface area contributed by atoms with Gasteiger partial charge in [-0.25, -0.2) is 19.6 Å². The fourth-order valence-electron chi connectivity index (χ4n) is 4.47. The third-order valence-corrected chi connectivity index (χ3v) is 6.53. The molecule has 1 aliphatic rings. The molecule has 0 fully saturated rings. The van der Waals surface area contributed by atoms with Gasteiger partial charge in [0, 0.05) is 0 Å². The molecule has 0 unspecified atom stereocenters. The van der Waals surface area contributed by atoms with Crippen molar-refractivity contribution in [2.75, 3.05) is 13.2 Å². The Morgan fingerprint density at radius 2 is 0.905 bits per heavy atom. The van der Waals surface area contributed by atoms with Crippen molar-refractivity contribution in [1.29, 1.82) is 0 Å². The molecule has 4 aromatic rings. The van der Waals surface area contributed by atoms with Crippen LogP contribution in [0.25, 0.3) is 0 Å². The first kappa shape index (κ1) is 28.2. The van der Waals surface area contributed by atoms with Crippen molar-refractivity contribution in [3.63, 3.8) is 0 Å². The molecule has 5 rings (SSSR count). The zero-order chi connectivity index (χ0) is 29.3. The van der Waals surface area contributed by atoms with Crippen LogP contribution in [0.15, 0.2) is 97.1 Å². The highest BCUT2D eigenvalue weighted by Gasteiger charge is 2.23. The van der Waals surface area contributed by atoms with Gasteiger partial charge in [-0.15, -0.1) is 0 Å². The number of esters is 2. The molecule has 0 saturated carbocycles. The predicted octanol–water partition coefficient (Wildman–Crippen LogP) is 3.19. The summed E-state index contributed by atoms with van der Waals surface area (Å²) in [6.45, 7) is -0.339. The molecule has 4 bridgehead atoms. The molecule has 10 heteroatoms. The van der Waals surface area contributed by atoms with Crippen LogP contribution in [0.3, 0.4) is 0 Å². The number of pyridine rings is 2. The second-order valence-corrected chi connectivity index (χ2v) is 9.73. The van der Waals surface area contributed by atoms with Gasteiger partial charge in [-0.2, -0.15) is 0 Å². The van der Waals surface area contributed by atoms with E-state index in [9.17, 15) is 19.2 Å². The monoisotopic (exact) mass is 564 g/mol. The molecule has 2 aromatic carbocycles. The molecule has 212 valence electrons. The maximum absolute atomic E-state index is 13.2. The number of nitrogens with zero attached hydrogens (tertiary/aromatic N) is 2. The fourth-order valence-corrected chi connectivity index (χ4v) is 4.47. The molecular formula is C32H28N4O6. The number of aromatic nitrogens is 2. The molecule has 2 N–H and O–H groups in total. The lowest BCUT2D eigenvalue weighted by molar-refractivity contribution is 0.0437. The summed E-state index contributed by atoms with van der Waals surface area (Å²) in [6.07, 6.45) is 0.724. The Labute approximate surface area is 242 Å². The Morgan fingerprint density at radius 3 is 1.33 bits per heavy atom. The smallest absolute Gasteiger partial charge is 0.357 e. The van der Waals surface area contributed by atoms with Gasteiger partial charge in [0.25, 0.3) is 11.8 Å². The van der Waals surface area contributed by atoms with Crippen LogP contribution in [0.5, 0.6) is 0 Å². The van der Waals surface area contributed by atoms with Crippen molar-refractivity contribution in [3.05, 3.63) is 131 Å². The Bertz CT molecular complexity index is 1470. The Hall–Kier alpha value is -5.38. The van der Waals surface area contributed by atoms with Crippen molar-refractivity contribution >= 4 is 23.8 Å². The van der Waals surface area contributed by atoms with Crippen LogP contribution in [0.2, 0.25) is 0 Å². The predicted molar refractivity (Wildman–Crippen MR) is 152 cm³/mol. The van der Waals surface area contributed by atoms with Crippen LogP contribution in [0.4, 0.5) is 0 Å². The number of nitrogens with one attached hydrogen (secondary N) is 2. The molecule has 1 aliphatic heterocycles. The highest BCUT2D eigenvalue weighted by Crippen LogP contribution is 2.11. The summed E-state index contributed by atoms with van der Waals surface area (Å²) in [5.74, 6) is -2.57. The Morgan fingerprint density at radius 1 is 0.524 bits per heavy atom. The number of hydrogen-bond donors (Lipinski definition) is 2. The lowest BCUT2D eigenvalue weighted by Crippen LogP contribution is -2.42. The minimum atomic E-state index is -0.757. The molecular weight excluding hydrogens is 536 g/mol. The number of hydrogen-bond acceptors (Lipinski definition) is 8. The SMILES string of the molecule is O=C1N[C@H](Cc2ccccc2)COC(=O)c2cccc(n2)C(=O)OC[C@@H](Cc2ccccc2)NC(=O)c2cccc1n2. The van der Waals surface area contributed by atoms with Gasteiger partial charge in [-0.3, -0.25) is 9.59 Å². The summed E-state index contributed by atoms with van der Waals surface area (Å²) in [4.78, 5) is 60.6. The average molecular weight is 565 g/mol. The lowest BCUT2D eigenvalue weighted by Gasteiger charge is -2.20. The Balaban J connectivity index is 1.45. The maximum atomic E-state index is 13.2. The van der Waals surface area contributed by atoms with Gasteiger partial charge >= 0.3 is 11.9 Å². The molecule has 0 saturated heterocycles. The minimum Gasteiger partial charge on any atom is -0.459 e. The second-order valence-electron chi connectivity index (χ2n) is 9.73. The minimum absolute atomic E-state index is 0.0218. The highest BCUT2D eigenvalue weighted by molar-refractivity contribution is 5.96. The van der Waals surface area contributed by atoms with Crippen LogP contribution in [-0.4, -0.2) is 59.0 Å². The van der Waals surface area contributed by atoms with Crippen molar-refractivity contribution in [3.8, 4) is 0 Å². The van der Waals surface area contributed by atoms with Gasteiger partial charge in [-0.1, -0.05) is 72.8 Å². The van der Waals surface area contributed by atoms with E-state index in [2.05, 4.69) is 20.6 Å². The summed E-state index contributed by atoms with van der Waals surface area (Å²) in [7, 11) is 0. The van der Waals surface area contributed by atoms with Gasteiger partial charge < -0.3 is 20.1 Å². The van der Waals surface area contributed by atoms with Crippen molar-refractivity contribution in [2.24, 2.45) is 0 Å². The van der Waals surface area contributed by atoms with E-state index in [1.807, 2.05) is 60.7 Å². The van der Waals surface area contributed by atoms with Gasteiger partial charge in [-0.05, 0) is 48.2 Å². The number of ether oxygens (including phenoxy) is 2. The van der Waals surface area contributed by atoms with E-state index < -0.39 is 35.8 Å². The summed E-state index contributed by atoms with van der Waals surface area (Å²) in [5, 5.41) is 5.73. The van der Waals surface area contributed by atoms with Crippen LogP contribution in [0, 0.1) is 0 Å². The normalized spacial score (nSPS) is 18.0. The van der Waals surface area contributed by atoms with Crippen LogP contribution >= 0.6 is 0 Å². The molecule has 0 aliphatic carbocycles. The number of fused-ring (bicyclic) bond motifs is 4. The van der Waals surface area contributed by atoms with Gasteiger partial charge in [0.05, 0.1) is 12.1 Å². The molecule has 10 nitrogen and oxygen atoms in total. The number of amides is 2. The highest BCUT2D eigenvalue weighted by atomic mass is 16.5. The van der Waals surface area contributed by atoms with Crippen molar-refractivity contribution < 1.29 is 28.7 Å². The van der Waals surface area contributed by atoms with Gasteiger partial charge in [0.2, 0.25) is 0 Å². The average Bonchev–Trinajstić information content (AvgIpc) is 3.02. The summed E-state index contributed by atoms with van der Waals surface area (Å²) < 4.78 is 11.0. The number of cyclic esters (lactones) is 2. The third kappa shape index (κ3) is 7.42. The standard InChI is InChI=1S/C32H28N4O6/c37-29-25-13-7-14-26(35-25)30(38)34-24(18-22-11-5-2-6-12-22)20-42-32(40)28-16-8-15-27(36-28)31(39)41-19-23(33-29)17-21-9-3-1-4-10-21/h1-16,23-24H,17-20H2,(H,33,37)(H,34,38)/t23-,24-/m1/s1. The molecule has 2 amide bonds. The van der Waals surface area contributed by atoms with Gasteiger partial charge in [0.15, 0.2) is 0 Å². The number of carbonyl (C=O) groups is 4. The van der Waals surface area contributed by atoms with Crippen LogP contribution in [-0.2, 0) is 22.3 Å². The summed E-state index contributed by atoms with van der Waals surface area (Å²) in [5.41, 5.74) is 1.70. The first-order chi connectivity index (χ1) is 20.4.